The van der Waals surface area contributed by atoms with E-state index in [0.29, 0.717) is 31.5 Å². The van der Waals surface area contributed by atoms with Gasteiger partial charge in [0.05, 0.1) is 25.3 Å². The standard InChI is InChI=1S/C26H39N7O3.2ClH/c1-17-10-11-19-18(14-17)22(32-23(29-19)24(34)28-15-26(2,3)16-35-4)30-20-8-5-6-9-21(20)31-25(27)33-12-7-13-36-33;;/h10-11,14,20-21H,5-9,12-13,15-16H2,1-4H3,(H2,27,31)(H,28,34)(H,29,30,32);2*1H/t20-,21+;;/m0../s1. The van der Waals surface area contributed by atoms with Crippen LogP contribution >= 0.6 is 24.8 Å². The highest BCUT2D eigenvalue weighted by Crippen LogP contribution is 2.27. The van der Waals surface area contributed by atoms with Crippen molar-refractivity contribution in [3.63, 3.8) is 0 Å². The Hall–Kier alpha value is -2.40. The third kappa shape index (κ3) is 8.05. The van der Waals surface area contributed by atoms with Crippen LogP contribution in [0.1, 0.15) is 62.1 Å². The minimum atomic E-state index is -0.309. The number of nitrogens with zero attached hydrogens (tertiary/aromatic N) is 3. The molecule has 2 aromatic rings. The molecular formula is C26H41Cl2N7O3. The molecule has 2 fully saturated rings. The van der Waals surface area contributed by atoms with Crippen LogP contribution in [-0.4, -0.2) is 72.4 Å². The van der Waals surface area contributed by atoms with Gasteiger partial charge in [0, 0.05) is 36.5 Å². The van der Waals surface area contributed by atoms with Crippen molar-refractivity contribution in [3.8, 4) is 0 Å². The van der Waals surface area contributed by atoms with E-state index in [0.717, 1.165) is 55.1 Å². The molecule has 0 bridgehead atoms. The van der Waals surface area contributed by atoms with Crippen LogP contribution in [0.3, 0.4) is 0 Å². The summed E-state index contributed by atoms with van der Waals surface area (Å²) in [5, 5.41) is 20.9. The predicted molar refractivity (Wildman–Crippen MR) is 155 cm³/mol. The van der Waals surface area contributed by atoms with Gasteiger partial charge in [-0.3, -0.25) is 15.0 Å². The lowest BCUT2D eigenvalue weighted by atomic mass is 9.90. The Kier molecular flexibility index (Phi) is 11.8. The Labute approximate surface area is 237 Å². The fourth-order valence-electron chi connectivity index (χ4n) is 4.82. The lowest BCUT2D eigenvalue weighted by Crippen LogP contribution is -2.52. The smallest absolute Gasteiger partial charge is 0.289 e. The quantitative estimate of drug-likeness (QED) is 0.277. The van der Waals surface area contributed by atoms with Gasteiger partial charge in [0.2, 0.25) is 11.8 Å². The number of aryl methyl sites for hydroxylation is 1. The summed E-state index contributed by atoms with van der Waals surface area (Å²) >= 11 is 0. The number of rotatable bonds is 8. The molecule has 10 nitrogen and oxygen atoms in total. The number of methoxy groups -OCH3 is 1. The minimum Gasteiger partial charge on any atom is -0.384 e. The Morgan fingerprint density at radius 2 is 1.92 bits per heavy atom. The molecule has 1 saturated heterocycles. The highest BCUT2D eigenvalue weighted by atomic mass is 35.5. The molecular weight excluding hydrogens is 529 g/mol. The largest absolute Gasteiger partial charge is 0.384 e. The molecule has 38 heavy (non-hydrogen) atoms. The zero-order valence-corrected chi connectivity index (χ0v) is 24.3. The van der Waals surface area contributed by atoms with E-state index in [1.54, 1.807) is 12.2 Å². The number of hydroxylamine groups is 2. The molecule has 1 aromatic carbocycles. The van der Waals surface area contributed by atoms with Gasteiger partial charge in [-0.15, -0.1) is 24.8 Å². The normalized spacial score (nSPS) is 19.3. The Bertz CT molecular complexity index is 1100. The molecule has 0 spiro atoms. The van der Waals surface area contributed by atoms with Crippen LogP contribution in [0.5, 0.6) is 0 Å². The molecule has 1 saturated carbocycles. The average molecular weight is 571 g/mol. The van der Waals surface area contributed by atoms with Crippen molar-refractivity contribution in [2.75, 3.05) is 38.7 Å². The van der Waals surface area contributed by atoms with Gasteiger partial charge < -0.3 is 20.7 Å². The van der Waals surface area contributed by atoms with E-state index < -0.39 is 0 Å². The Morgan fingerprint density at radius 1 is 1.18 bits per heavy atom. The molecule has 4 N–H and O–H groups in total. The second-order valence-electron chi connectivity index (χ2n) is 10.6. The summed E-state index contributed by atoms with van der Waals surface area (Å²) in [6.45, 7) is 8.47. The van der Waals surface area contributed by atoms with E-state index >= 15 is 0 Å². The van der Waals surface area contributed by atoms with Crippen molar-refractivity contribution in [2.24, 2.45) is 5.41 Å². The Morgan fingerprint density at radius 3 is 2.61 bits per heavy atom. The fourth-order valence-corrected chi connectivity index (χ4v) is 4.82. The molecule has 212 valence electrons. The second kappa shape index (κ2) is 14.1. The first-order chi connectivity index (χ1) is 17.3. The number of amides is 1. The van der Waals surface area contributed by atoms with Gasteiger partial charge in [0.15, 0.2) is 0 Å². The summed E-state index contributed by atoms with van der Waals surface area (Å²) in [4.78, 5) is 27.8. The van der Waals surface area contributed by atoms with Gasteiger partial charge in [-0.1, -0.05) is 38.3 Å². The number of nitrogens with one attached hydrogen (secondary N) is 4. The van der Waals surface area contributed by atoms with Crippen LogP contribution in [0.4, 0.5) is 5.82 Å². The van der Waals surface area contributed by atoms with Crippen molar-refractivity contribution < 1.29 is 14.4 Å². The van der Waals surface area contributed by atoms with Crippen LogP contribution in [0.2, 0.25) is 0 Å². The number of carbonyl (C=O) groups excluding carboxylic acids is 1. The van der Waals surface area contributed by atoms with Gasteiger partial charge >= 0.3 is 0 Å². The van der Waals surface area contributed by atoms with Crippen molar-refractivity contribution in [1.82, 2.24) is 25.7 Å². The van der Waals surface area contributed by atoms with Crippen LogP contribution in [0.25, 0.3) is 10.9 Å². The summed E-state index contributed by atoms with van der Waals surface area (Å²) in [5.41, 5.74) is 1.61. The number of hydrogen-bond acceptors (Lipinski definition) is 7. The van der Waals surface area contributed by atoms with Crippen LogP contribution in [0, 0.1) is 17.7 Å². The van der Waals surface area contributed by atoms with Gasteiger partial charge in [0.1, 0.15) is 5.82 Å². The second-order valence-corrected chi connectivity index (χ2v) is 10.6. The highest BCUT2D eigenvalue weighted by molar-refractivity contribution is 5.96. The Balaban J connectivity index is 0.00000253. The minimum absolute atomic E-state index is 0. The van der Waals surface area contributed by atoms with E-state index in [-0.39, 0.29) is 54.0 Å². The lowest BCUT2D eigenvalue weighted by molar-refractivity contribution is -0.0489. The number of aromatic nitrogens is 2. The van der Waals surface area contributed by atoms with Crippen LogP contribution in [-0.2, 0) is 9.57 Å². The van der Waals surface area contributed by atoms with E-state index in [1.807, 2.05) is 39.0 Å². The third-order valence-electron chi connectivity index (χ3n) is 6.73. The molecule has 0 unspecified atom stereocenters. The molecule has 12 heteroatoms. The first-order valence-corrected chi connectivity index (χ1v) is 12.8. The van der Waals surface area contributed by atoms with Gasteiger partial charge in [-0.25, -0.2) is 15.0 Å². The molecule has 1 amide bonds. The molecule has 2 aliphatic rings. The number of carbonyl (C=O) groups is 1. The summed E-state index contributed by atoms with van der Waals surface area (Å²) < 4.78 is 5.26. The number of anilines is 1. The highest BCUT2D eigenvalue weighted by Gasteiger charge is 2.29. The molecule has 2 heterocycles. The summed E-state index contributed by atoms with van der Waals surface area (Å²) in [6.07, 6.45) is 5.00. The summed E-state index contributed by atoms with van der Waals surface area (Å²) in [6, 6.07) is 6.08. The number of halogens is 2. The number of hydrogen-bond donors (Lipinski definition) is 4. The van der Waals surface area contributed by atoms with Crippen molar-refractivity contribution >= 4 is 53.4 Å². The lowest BCUT2D eigenvalue weighted by Gasteiger charge is -2.35. The summed E-state index contributed by atoms with van der Waals surface area (Å²) in [7, 11) is 1.66. The molecule has 1 aliphatic carbocycles. The number of fused-ring (bicyclic) bond motifs is 1. The first-order valence-electron chi connectivity index (χ1n) is 12.8. The maximum atomic E-state index is 13.0. The van der Waals surface area contributed by atoms with E-state index in [9.17, 15) is 4.79 Å². The van der Waals surface area contributed by atoms with Crippen molar-refractivity contribution in [2.45, 2.75) is 65.0 Å². The van der Waals surface area contributed by atoms with Crippen molar-refractivity contribution in [1.29, 1.82) is 5.41 Å². The van der Waals surface area contributed by atoms with Gasteiger partial charge in [0.25, 0.3) is 5.91 Å². The first kappa shape index (κ1) is 31.8. The zero-order chi connectivity index (χ0) is 25.7. The maximum absolute atomic E-state index is 13.0. The van der Waals surface area contributed by atoms with Gasteiger partial charge in [-0.05, 0) is 38.3 Å². The average Bonchev–Trinajstić information content (AvgIpc) is 3.39. The maximum Gasteiger partial charge on any atom is 0.289 e. The zero-order valence-electron chi connectivity index (χ0n) is 22.6. The van der Waals surface area contributed by atoms with E-state index in [2.05, 4.69) is 20.9 Å². The number of benzene rings is 1. The predicted octanol–water partition coefficient (Wildman–Crippen LogP) is 4.07. The van der Waals surface area contributed by atoms with Crippen molar-refractivity contribution in [3.05, 3.63) is 29.6 Å². The van der Waals surface area contributed by atoms with E-state index in [4.69, 9.17) is 20.0 Å². The molecule has 2 atom stereocenters. The van der Waals surface area contributed by atoms with Crippen LogP contribution < -0.4 is 16.0 Å². The number of guanidine groups is 1. The molecule has 0 radical (unpaired) electrons. The molecule has 1 aromatic heterocycles. The van der Waals surface area contributed by atoms with Crippen LogP contribution in [0.15, 0.2) is 18.2 Å². The third-order valence-corrected chi connectivity index (χ3v) is 6.73. The topological polar surface area (TPSA) is 124 Å². The summed E-state index contributed by atoms with van der Waals surface area (Å²) in [5.74, 6) is 0.776. The van der Waals surface area contributed by atoms with E-state index in [1.165, 1.54) is 0 Å². The molecule has 4 rings (SSSR count). The number of ether oxygens (including phenoxy) is 1. The fraction of sp³-hybridized carbons (Fsp3) is 0.615. The molecule has 1 aliphatic heterocycles. The SMILES string of the molecule is COCC(C)(C)CNC(=O)c1nc(N[C@H]2CCCC[C@H]2NC(=N)N2CCCO2)c2cc(C)ccc2n1.Cl.Cl. The van der Waals surface area contributed by atoms with Gasteiger partial charge in [-0.2, -0.15) is 0 Å². The monoisotopic (exact) mass is 569 g/mol.